The molecule has 0 saturated carbocycles. The van der Waals surface area contributed by atoms with Gasteiger partial charge in [-0.05, 0) is 45.2 Å². The molecule has 0 aliphatic carbocycles. The molecule has 1 atom stereocenters. The average molecular weight is 194 g/mol. The van der Waals surface area contributed by atoms with Gasteiger partial charge in [-0.25, -0.2) is 0 Å². The number of rotatable bonds is 3. The standard InChI is InChI=1S/C11H18N2O/c1-3-11(14)13-9-5-4-6-10(13)7-8-12-2/h1,10,12H,4-9H2,2H3. The third-order valence-electron chi connectivity index (χ3n) is 2.74. The molecule has 1 aliphatic heterocycles. The van der Waals surface area contributed by atoms with E-state index in [0.717, 1.165) is 32.4 Å². The van der Waals surface area contributed by atoms with Crippen LogP contribution in [0.15, 0.2) is 0 Å². The molecule has 0 aromatic rings. The van der Waals surface area contributed by atoms with Gasteiger partial charge in [0.1, 0.15) is 0 Å². The molecule has 0 aromatic heterocycles. The Labute approximate surface area is 85.9 Å². The summed E-state index contributed by atoms with van der Waals surface area (Å²) >= 11 is 0. The number of terminal acetylenes is 1. The van der Waals surface area contributed by atoms with Gasteiger partial charge in [-0.2, -0.15) is 0 Å². The van der Waals surface area contributed by atoms with Crippen LogP contribution in [0.1, 0.15) is 25.7 Å². The second-order valence-corrected chi connectivity index (χ2v) is 3.68. The molecule has 1 saturated heterocycles. The molecule has 3 heteroatoms. The zero-order valence-corrected chi connectivity index (χ0v) is 8.75. The van der Waals surface area contributed by atoms with Crippen molar-refractivity contribution >= 4 is 5.91 Å². The number of hydrogen-bond donors (Lipinski definition) is 1. The highest BCUT2D eigenvalue weighted by molar-refractivity contribution is 5.93. The third kappa shape index (κ3) is 2.74. The normalized spacial score (nSPS) is 21.7. The minimum Gasteiger partial charge on any atom is -0.329 e. The fourth-order valence-corrected chi connectivity index (χ4v) is 1.96. The Kier molecular flexibility index (Phi) is 4.48. The van der Waals surface area contributed by atoms with Gasteiger partial charge in [0.25, 0.3) is 5.91 Å². The third-order valence-corrected chi connectivity index (χ3v) is 2.74. The van der Waals surface area contributed by atoms with Gasteiger partial charge in [0.05, 0.1) is 0 Å². The van der Waals surface area contributed by atoms with Crippen molar-refractivity contribution in [3.63, 3.8) is 0 Å². The summed E-state index contributed by atoms with van der Waals surface area (Å²) in [7, 11) is 1.93. The van der Waals surface area contributed by atoms with E-state index in [1.54, 1.807) is 0 Å². The van der Waals surface area contributed by atoms with E-state index in [1.807, 2.05) is 11.9 Å². The Balaban J connectivity index is 2.51. The quantitative estimate of drug-likeness (QED) is 0.668. The van der Waals surface area contributed by atoms with Crippen molar-refractivity contribution in [1.29, 1.82) is 0 Å². The first kappa shape index (κ1) is 11.1. The van der Waals surface area contributed by atoms with Crippen LogP contribution in [0.5, 0.6) is 0 Å². The van der Waals surface area contributed by atoms with Gasteiger partial charge in [0, 0.05) is 12.6 Å². The smallest absolute Gasteiger partial charge is 0.298 e. The highest BCUT2D eigenvalue weighted by Crippen LogP contribution is 2.19. The number of likely N-dealkylation sites (tertiary alicyclic amines) is 1. The van der Waals surface area contributed by atoms with Crippen LogP contribution in [0.3, 0.4) is 0 Å². The molecule has 1 unspecified atom stereocenters. The number of amides is 1. The lowest BCUT2D eigenvalue weighted by molar-refractivity contribution is -0.128. The second-order valence-electron chi connectivity index (χ2n) is 3.68. The molecule has 0 spiro atoms. The molecule has 78 valence electrons. The molecule has 1 rings (SSSR count). The number of piperidine rings is 1. The topological polar surface area (TPSA) is 32.3 Å². The molecule has 3 nitrogen and oxygen atoms in total. The van der Waals surface area contributed by atoms with Crippen LogP contribution in [0.4, 0.5) is 0 Å². The van der Waals surface area contributed by atoms with E-state index in [2.05, 4.69) is 11.2 Å². The highest BCUT2D eigenvalue weighted by atomic mass is 16.2. The summed E-state index contributed by atoms with van der Waals surface area (Å²) in [6.07, 6.45) is 9.53. The minimum absolute atomic E-state index is 0.147. The fourth-order valence-electron chi connectivity index (χ4n) is 1.96. The number of nitrogens with one attached hydrogen (secondary N) is 1. The SMILES string of the molecule is C#CC(=O)N1CCCCC1CCNC. The van der Waals surface area contributed by atoms with Crippen LogP contribution >= 0.6 is 0 Å². The fraction of sp³-hybridized carbons (Fsp3) is 0.727. The molecule has 1 amide bonds. The number of nitrogens with zero attached hydrogens (tertiary/aromatic N) is 1. The van der Waals surface area contributed by atoms with Crippen molar-refractivity contribution < 1.29 is 4.79 Å². The highest BCUT2D eigenvalue weighted by Gasteiger charge is 2.24. The molecule has 1 N–H and O–H groups in total. The van der Waals surface area contributed by atoms with Crippen LogP contribution in [-0.2, 0) is 4.79 Å². The van der Waals surface area contributed by atoms with E-state index in [9.17, 15) is 4.79 Å². The van der Waals surface area contributed by atoms with Crippen molar-refractivity contribution in [2.24, 2.45) is 0 Å². The lowest BCUT2D eigenvalue weighted by Crippen LogP contribution is -2.44. The van der Waals surface area contributed by atoms with Crippen LogP contribution in [0.25, 0.3) is 0 Å². The van der Waals surface area contributed by atoms with Crippen LogP contribution < -0.4 is 5.32 Å². The molecule has 0 bridgehead atoms. The predicted octanol–water partition coefficient (Wildman–Crippen LogP) is 0.610. The van der Waals surface area contributed by atoms with Crippen molar-refractivity contribution in [2.45, 2.75) is 31.7 Å². The Morgan fingerprint density at radius 1 is 1.64 bits per heavy atom. The molecule has 1 heterocycles. The average Bonchev–Trinajstić information content (AvgIpc) is 2.25. The zero-order valence-electron chi connectivity index (χ0n) is 8.75. The lowest BCUT2D eigenvalue weighted by Gasteiger charge is -2.34. The maximum atomic E-state index is 11.4. The summed E-state index contributed by atoms with van der Waals surface area (Å²) in [4.78, 5) is 13.3. The Bertz CT molecular complexity index is 232. The molecule has 0 radical (unpaired) electrons. The van der Waals surface area contributed by atoms with E-state index in [1.165, 1.54) is 6.42 Å². The maximum absolute atomic E-state index is 11.4. The van der Waals surface area contributed by atoms with Crippen molar-refractivity contribution in [3.8, 4) is 12.3 Å². The van der Waals surface area contributed by atoms with Crippen molar-refractivity contribution in [2.75, 3.05) is 20.1 Å². The molecule has 14 heavy (non-hydrogen) atoms. The van der Waals surface area contributed by atoms with Gasteiger partial charge in [-0.1, -0.05) is 0 Å². The van der Waals surface area contributed by atoms with Gasteiger partial charge in [0.2, 0.25) is 0 Å². The summed E-state index contributed by atoms with van der Waals surface area (Å²) in [5.41, 5.74) is 0. The van der Waals surface area contributed by atoms with Crippen molar-refractivity contribution in [1.82, 2.24) is 10.2 Å². The van der Waals surface area contributed by atoms with E-state index in [4.69, 9.17) is 6.42 Å². The predicted molar refractivity (Wildman–Crippen MR) is 56.7 cm³/mol. The van der Waals surface area contributed by atoms with Crippen molar-refractivity contribution in [3.05, 3.63) is 0 Å². The summed E-state index contributed by atoms with van der Waals surface area (Å²) in [6, 6.07) is 0.347. The first-order valence-corrected chi connectivity index (χ1v) is 5.21. The first-order chi connectivity index (χ1) is 6.79. The number of hydrogen-bond acceptors (Lipinski definition) is 2. The summed E-state index contributed by atoms with van der Waals surface area (Å²) in [6.45, 7) is 1.77. The Hall–Kier alpha value is -1.01. The Morgan fingerprint density at radius 2 is 2.43 bits per heavy atom. The number of carbonyl (C=O) groups excluding carboxylic acids is 1. The van der Waals surface area contributed by atoms with Gasteiger partial charge >= 0.3 is 0 Å². The summed E-state index contributed by atoms with van der Waals surface area (Å²) < 4.78 is 0. The Morgan fingerprint density at radius 3 is 3.07 bits per heavy atom. The van der Waals surface area contributed by atoms with Gasteiger partial charge in [-0.3, -0.25) is 4.79 Å². The molecule has 1 aliphatic rings. The van der Waals surface area contributed by atoms with Crippen LogP contribution in [-0.4, -0.2) is 37.0 Å². The van der Waals surface area contributed by atoms with E-state index < -0.39 is 0 Å². The van der Waals surface area contributed by atoms with E-state index >= 15 is 0 Å². The molecular weight excluding hydrogens is 176 g/mol. The molecule has 1 fully saturated rings. The molecule has 0 aromatic carbocycles. The lowest BCUT2D eigenvalue weighted by atomic mass is 9.99. The van der Waals surface area contributed by atoms with Gasteiger partial charge in [-0.15, -0.1) is 6.42 Å². The van der Waals surface area contributed by atoms with Crippen LogP contribution in [0, 0.1) is 12.3 Å². The first-order valence-electron chi connectivity index (χ1n) is 5.21. The van der Waals surface area contributed by atoms with E-state index in [0.29, 0.717) is 6.04 Å². The van der Waals surface area contributed by atoms with E-state index in [-0.39, 0.29) is 5.91 Å². The second kappa shape index (κ2) is 5.66. The number of carbonyl (C=O) groups is 1. The monoisotopic (exact) mass is 194 g/mol. The summed E-state index contributed by atoms with van der Waals surface area (Å²) in [5, 5.41) is 3.10. The van der Waals surface area contributed by atoms with Crippen LogP contribution in [0.2, 0.25) is 0 Å². The summed E-state index contributed by atoms with van der Waals surface area (Å²) in [5.74, 6) is 2.06. The minimum atomic E-state index is -0.147. The van der Waals surface area contributed by atoms with Gasteiger partial charge < -0.3 is 10.2 Å². The molecular formula is C11H18N2O. The zero-order chi connectivity index (χ0) is 10.4. The maximum Gasteiger partial charge on any atom is 0.298 e. The largest absolute Gasteiger partial charge is 0.329 e. The van der Waals surface area contributed by atoms with Gasteiger partial charge in [0.15, 0.2) is 0 Å².